The van der Waals surface area contributed by atoms with Crippen molar-refractivity contribution in [3.63, 3.8) is 0 Å². The lowest BCUT2D eigenvalue weighted by Crippen LogP contribution is -2.55. The maximum absolute atomic E-state index is 12.5. The molecule has 2 fully saturated rings. The van der Waals surface area contributed by atoms with Crippen LogP contribution in [0.25, 0.3) is 0 Å². The molecule has 2 aliphatic heterocycles. The number of carbonyl (C=O) groups is 1. The third-order valence-corrected chi connectivity index (χ3v) is 5.26. The van der Waals surface area contributed by atoms with Gasteiger partial charge in [-0.25, -0.2) is 4.79 Å². The van der Waals surface area contributed by atoms with Gasteiger partial charge in [-0.15, -0.1) is 0 Å². The minimum atomic E-state index is -0.0214. The molecule has 6 heteroatoms. The number of urea groups is 1. The lowest BCUT2D eigenvalue weighted by atomic mass is 10.1. The second-order valence-electron chi connectivity index (χ2n) is 6.81. The van der Waals surface area contributed by atoms with Crippen LogP contribution < -0.4 is 10.1 Å². The molecule has 25 heavy (non-hydrogen) atoms. The van der Waals surface area contributed by atoms with Crippen molar-refractivity contribution in [2.75, 3.05) is 46.5 Å². The molecular weight excluding hydrogens is 318 g/mol. The summed E-state index contributed by atoms with van der Waals surface area (Å²) in [5.74, 6) is 0.825. The third-order valence-electron chi connectivity index (χ3n) is 5.26. The first-order valence-electron chi connectivity index (χ1n) is 9.18. The van der Waals surface area contributed by atoms with Crippen LogP contribution in [0.3, 0.4) is 0 Å². The van der Waals surface area contributed by atoms with Gasteiger partial charge in [0.1, 0.15) is 5.75 Å². The first kappa shape index (κ1) is 18.0. The van der Waals surface area contributed by atoms with Gasteiger partial charge in [-0.3, -0.25) is 4.90 Å². The molecule has 0 bridgehead atoms. The topological polar surface area (TPSA) is 54.0 Å². The standard InChI is InChI=1S/C19H29N3O3/c1-15(16-3-5-18(24-2)6-4-16)20-19(23)22-11-9-21(10-12-22)17-7-13-25-14-8-17/h3-6,15,17H,7-14H2,1-2H3,(H,20,23)/t15-/m1/s1. The molecule has 2 amide bonds. The molecule has 6 nitrogen and oxygen atoms in total. The Hall–Kier alpha value is -1.79. The van der Waals surface area contributed by atoms with Gasteiger partial charge in [0.05, 0.1) is 13.2 Å². The van der Waals surface area contributed by atoms with E-state index in [0.717, 1.165) is 63.5 Å². The lowest BCUT2D eigenvalue weighted by molar-refractivity contribution is 0.0186. The highest BCUT2D eigenvalue weighted by molar-refractivity contribution is 5.74. The Morgan fingerprint density at radius 2 is 1.80 bits per heavy atom. The van der Waals surface area contributed by atoms with Crippen LogP contribution in [0.5, 0.6) is 5.75 Å². The van der Waals surface area contributed by atoms with Gasteiger partial charge in [-0.05, 0) is 37.5 Å². The fourth-order valence-corrected chi connectivity index (χ4v) is 3.59. The molecule has 2 heterocycles. The van der Waals surface area contributed by atoms with Gasteiger partial charge in [0, 0.05) is 45.4 Å². The number of piperazine rings is 1. The zero-order chi connectivity index (χ0) is 17.6. The molecular formula is C19H29N3O3. The Labute approximate surface area is 150 Å². The number of nitrogens with zero attached hydrogens (tertiary/aromatic N) is 2. The van der Waals surface area contributed by atoms with Crippen molar-refractivity contribution >= 4 is 6.03 Å². The summed E-state index contributed by atoms with van der Waals surface area (Å²) in [4.78, 5) is 17.0. The zero-order valence-electron chi connectivity index (χ0n) is 15.2. The second kappa shape index (κ2) is 8.54. The molecule has 0 unspecified atom stereocenters. The number of methoxy groups -OCH3 is 1. The monoisotopic (exact) mass is 347 g/mol. The molecule has 1 atom stereocenters. The normalized spacial score (nSPS) is 21.0. The summed E-state index contributed by atoms with van der Waals surface area (Å²) in [6.45, 7) is 7.23. The Bertz CT molecular complexity index is 550. The maximum Gasteiger partial charge on any atom is 0.317 e. The summed E-state index contributed by atoms with van der Waals surface area (Å²) in [5.41, 5.74) is 1.08. The van der Waals surface area contributed by atoms with Crippen LogP contribution >= 0.6 is 0 Å². The number of hydrogen-bond acceptors (Lipinski definition) is 4. The van der Waals surface area contributed by atoms with Crippen LogP contribution in [0.2, 0.25) is 0 Å². The van der Waals surface area contributed by atoms with E-state index in [0.29, 0.717) is 6.04 Å². The molecule has 0 spiro atoms. The molecule has 138 valence electrons. The predicted molar refractivity (Wildman–Crippen MR) is 96.9 cm³/mol. The van der Waals surface area contributed by atoms with E-state index >= 15 is 0 Å². The summed E-state index contributed by atoms with van der Waals surface area (Å²) in [6.07, 6.45) is 2.22. The van der Waals surface area contributed by atoms with Gasteiger partial charge in [0.15, 0.2) is 0 Å². The van der Waals surface area contributed by atoms with Crippen LogP contribution in [0.15, 0.2) is 24.3 Å². The smallest absolute Gasteiger partial charge is 0.317 e. The van der Waals surface area contributed by atoms with E-state index in [-0.39, 0.29) is 12.1 Å². The largest absolute Gasteiger partial charge is 0.497 e. The van der Waals surface area contributed by atoms with E-state index in [1.54, 1.807) is 7.11 Å². The average molecular weight is 347 g/mol. The van der Waals surface area contributed by atoms with Gasteiger partial charge in [-0.2, -0.15) is 0 Å². The van der Waals surface area contributed by atoms with Gasteiger partial charge in [0.2, 0.25) is 0 Å². The van der Waals surface area contributed by atoms with Crippen molar-refractivity contribution in [1.29, 1.82) is 0 Å². The van der Waals surface area contributed by atoms with Crippen molar-refractivity contribution in [3.8, 4) is 5.75 Å². The van der Waals surface area contributed by atoms with E-state index in [1.165, 1.54) is 0 Å². The molecule has 1 aromatic carbocycles. The minimum absolute atomic E-state index is 0.0214. The Morgan fingerprint density at radius 3 is 2.40 bits per heavy atom. The van der Waals surface area contributed by atoms with Crippen LogP contribution in [-0.2, 0) is 4.74 Å². The van der Waals surface area contributed by atoms with Crippen molar-refractivity contribution in [1.82, 2.24) is 15.1 Å². The number of hydrogen-bond donors (Lipinski definition) is 1. The summed E-state index contributed by atoms with van der Waals surface area (Å²) in [6, 6.07) is 8.45. The highest BCUT2D eigenvalue weighted by atomic mass is 16.5. The van der Waals surface area contributed by atoms with Gasteiger partial charge in [-0.1, -0.05) is 12.1 Å². The van der Waals surface area contributed by atoms with Gasteiger partial charge in [0.25, 0.3) is 0 Å². The SMILES string of the molecule is COc1ccc([C@@H](C)NC(=O)N2CCN(C3CCOCC3)CC2)cc1. The number of nitrogens with one attached hydrogen (secondary N) is 1. The van der Waals surface area contributed by atoms with Crippen molar-refractivity contribution in [3.05, 3.63) is 29.8 Å². The van der Waals surface area contributed by atoms with Crippen molar-refractivity contribution in [2.45, 2.75) is 31.8 Å². The lowest BCUT2D eigenvalue weighted by Gasteiger charge is -2.40. The minimum Gasteiger partial charge on any atom is -0.497 e. The summed E-state index contributed by atoms with van der Waals surface area (Å²) >= 11 is 0. The van der Waals surface area contributed by atoms with Gasteiger partial charge >= 0.3 is 6.03 Å². The molecule has 2 aliphatic rings. The molecule has 1 aromatic rings. The second-order valence-corrected chi connectivity index (χ2v) is 6.81. The fourth-order valence-electron chi connectivity index (χ4n) is 3.59. The van der Waals surface area contributed by atoms with E-state index in [9.17, 15) is 4.79 Å². The van der Waals surface area contributed by atoms with E-state index in [2.05, 4.69) is 10.2 Å². The number of amides is 2. The molecule has 1 N–H and O–H groups in total. The first-order valence-corrected chi connectivity index (χ1v) is 9.18. The van der Waals surface area contributed by atoms with Crippen LogP contribution in [0.1, 0.15) is 31.4 Å². The Morgan fingerprint density at radius 1 is 1.16 bits per heavy atom. The zero-order valence-corrected chi connectivity index (χ0v) is 15.2. The summed E-state index contributed by atoms with van der Waals surface area (Å²) < 4.78 is 10.6. The number of rotatable bonds is 4. The Kier molecular flexibility index (Phi) is 6.15. The van der Waals surface area contributed by atoms with E-state index < -0.39 is 0 Å². The van der Waals surface area contributed by atoms with Crippen molar-refractivity contribution in [2.24, 2.45) is 0 Å². The number of carbonyl (C=O) groups excluding carboxylic acids is 1. The highest BCUT2D eigenvalue weighted by Gasteiger charge is 2.27. The van der Waals surface area contributed by atoms with Crippen LogP contribution in [0.4, 0.5) is 4.79 Å². The quantitative estimate of drug-likeness (QED) is 0.908. The van der Waals surface area contributed by atoms with E-state index in [1.807, 2.05) is 36.1 Å². The molecule has 0 saturated carbocycles. The predicted octanol–water partition coefficient (Wildman–Crippen LogP) is 2.26. The number of ether oxygens (including phenoxy) is 2. The summed E-state index contributed by atoms with van der Waals surface area (Å²) in [5, 5.41) is 3.11. The van der Waals surface area contributed by atoms with E-state index in [4.69, 9.17) is 9.47 Å². The van der Waals surface area contributed by atoms with Crippen LogP contribution in [0, 0.1) is 0 Å². The fraction of sp³-hybridized carbons (Fsp3) is 0.632. The first-order chi connectivity index (χ1) is 12.2. The average Bonchev–Trinajstić information content (AvgIpc) is 2.68. The molecule has 0 aromatic heterocycles. The highest BCUT2D eigenvalue weighted by Crippen LogP contribution is 2.19. The molecule has 2 saturated heterocycles. The van der Waals surface area contributed by atoms with Crippen molar-refractivity contribution < 1.29 is 14.3 Å². The van der Waals surface area contributed by atoms with Crippen LogP contribution in [-0.4, -0.2) is 68.4 Å². The molecule has 0 radical (unpaired) electrons. The molecule has 3 rings (SSSR count). The Balaban J connectivity index is 1.46. The number of benzene rings is 1. The van der Waals surface area contributed by atoms with Gasteiger partial charge < -0.3 is 19.7 Å². The molecule has 0 aliphatic carbocycles. The third kappa shape index (κ3) is 4.64. The summed E-state index contributed by atoms with van der Waals surface area (Å²) in [7, 11) is 1.65. The maximum atomic E-state index is 12.5.